The predicted molar refractivity (Wildman–Crippen MR) is 62.5 cm³/mol. The Balaban J connectivity index is 1.82. The lowest BCUT2D eigenvalue weighted by Crippen LogP contribution is -2.34. The fourth-order valence-electron chi connectivity index (χ4n) is 1.87. The molecule has 78 valence electrons. The minimum absolute atomic E-state index is 0.142. The zero-order valence-electron chi connectivity index (χ0n) is 7.87. The third-order valence-electron chi connectivity index (χ3n) is 2.67. The first-order valence-corrected chi connectivity index (χ1v) is 6.57. The number of nitrogens with one attached hydrogen (secondary N) is 1. The fourth-order valence-corrected chi connectivity index (χ4v) is 3.08. The summed E-state index contributed by atoms with van der Waals surface area (Å²) in [5.41, 5.74) is 1.29. The Kier molecular flexibility index (Phi) is 3.60. The van der Waals surface area contributed by atoms with E-state index >= 15 is 0 Å². The van der Waals surface area contributed by atoms with Gasteiger partial charge in [0.25, 0.3) is 0 Å². The molecule has 0 aromatic carbocycles. The molecule has 1 aliphatic carbocycles. The molecule has 1 saturated carbocycles. The van der Waals surface area contributed by atoms with Crippen LogP contribution in [0.4, 0.5) is 0 Å². The van der Waals surface area contributed by atoms with Gasteiger partial charge in [0.05, 0.1) is 9.89 Å². The first-order chi connectivity index (χ1) is 6.75. The van der Waals surface area contributed by atoms with Crippen molar-refractivity contribution in [2.45, 2.75) is 38.0 Å². The van der Waals surface area contributed by atoms with Crippen molar-refractivity contribution in [1.29, 1.82) is 0 Å². The molecule has 14 heavy (non-hydrogen) atoms. The summed E-state index contributed by atoms with van der Waals surface area (Å²) in [4.78, 5) is 0. The summed E-state index contributed by atoms with van der Waals surface area (Å²) in [6, 6.07) is 2.42. The van der Waals surface area contributed by atoms with Gasteiger partial charge in [-0.25, -0.2) is 0 Å². The lowest BCUT2D eigenvalue weighted by Gasteiger charge is -2.15. The van der Waals surface area contributed by atoms with Crippen molar-refractivity contribution in [3.8, 4) is 0 Å². The van der Waals surface area contributed by atoms with E-state index in [0.717, 1.165) is 25.8 Å². The Morgan fingerprint density at radius 2 is 2.43 bits per heavy atom. The van der Waals surface area contributed by atoms with Gasteiger partial charge in [0.15, 0.2) is 0 Å². The van der Waals surface area contributed by atoms with Gasteiger partial charge in [-0.2, -0.15) is 0 Å². The third-order valence-corrected chi connectivity index (χ3v) is 4.22. The zero-order chi connectivity index (χ0) is 9.97. The van der Waals surface area contributed by atoms with Crippen LogP contribution in [0.3, 0.4) is 0 Å². The highest BCUT2D eigenvalue weighted by Crippen LogP contribution is 2.22. The number of aliphatic hydroxyl groups is 1. The summed E-state index contributed by atoms with van der Waals surface area (Å²) < 4.78 is 1.17. The van der Waals surface area contributed by atoms with Crippen LogP contribution in [0, 0.1) is 0 Å². The van der Waals surface area contributed by atoms with Gasteiger partial charge in [-0.15, -0.1) is 11.3 Å². The van der Waals surface area contributed by atoms with Crippen molar-refractivity contribution in [2.75, 3.05) is 0 Å². The number of thiophene rings is 1. The second-order valence-electron chi connectivity index (χ2n) is 3.74. The van der Waals surface area contributed by atoms with E-state index in [0.29, 0.717) is 6.04 Å². The van der Waals surface area contributed by atoms with E-state index in [-0.39, 0.29) is 6.10 Å². The summed E-state index contributed by atoms with van der Waals surface area (Å²) in [5.74, 6) is 0. The van der Waals surface area contributed by atoms with Crippen LogP contribution in [0.5, 0.6) is 0 Å². The highest BCUT2D eigenvalue weighted by Gasteiger charge is 2.24. The van der Waals surface area contributed by atoms with Crippen LogP contribution >= 0.6 is 27.3 Å². The normalized spacial score (nSPS) is 27.0. The third kappa shape index (κ3) is 2.57. The second kappa shape index (κ2) is 4.75. The first kappa shape index (κ1) is 10.6. The van der Waals surface area contributed by atoms with Crippen LogP contribution < -0.4 is 5.32 Å². The molecule has 0 saturated heterocycles. The molecule has 4 heteroatoms. The maximum atomic E-state index is 9.60. The van der Waals surface area contributed by atoms with Crippen LogP contribution in [-0.4, -0.2) is 17.3 Å². The standard InChI is InChI=1S/C10H14BrNOS/c11-10-4-7(6-14-10)5-12-8-2-1-3-9(8)13/h4,6,8-9,12-13H,1-3,5H2. The Morgan fingerprint density at radius 3 is 3.00 bits per heavy atom. The quantitative estimate of drug-likeness (QED) is 0.889. The summed E-state index contributed by atoms with van der Waals surface area (Å²) in [6.45, 7) is 0.865. The topological polar surface area (TPSA) is 32.3 Å². The molecule has 1 aromatic heterocycles. The van der Waals surface area contributed by atoms with E-state index in [1.165, 1.54) is 9.35 Å². The molecular weight excluding hydrogens is 262 g/mol. The van der Waals surface area contributed by atoms with Gasteiger partial charge in [-0.05, 0) is 52.2 Å². The smallest absolute Gasteiger partial charge is 0.0701 e. The molecule has 2 nitrogen and oxygen atoms in total. The molecule has 2 atom stereocenters. The Hall–Kier alpha value is 0.100. The molecule has 0 spiro atoms. The van der Waals surface area contributed by atoms with Crippen LogP contribution in [0.15, 0.2) is 15.2 Å². The van der Waals surface area contributed by atoms with Crippen molar-refractivity contribution < 1.29 is 5.11 Å². The van der Waals surface area contributed by atoms with Crippen molar-refractivity contribution in [3.63, 3.8) is 0 Å². The van der Waals surface area contributed by atoms with Gasteiger partial charge >= 0.3 is 0 Å². The van der Waals surface area contributed by atoms with E-state index in [2.05, 4.69) is 32.7 Å². The maximum Gasteiger partial charge on any atom is 0.0701 e. The van der Waals surface area contributed by atoms with E-state index < -0.39 is 0 Å². The molecule has 2 N–H and O–H groups in total. The summed E-state index contributed by atoms with van der Waals surface area (Å²) in [5, 5.41) is 15.1. The van der Waals surface area contributed by atoms with E-state index in [1.807, 2.05) is 0 Å². The summed E-state index contributed by atoms with van der Waals surface area (Å²) in [6.07, 6.45) is 3.06. The zero-order valence-corrected chi connectivity index (χ0v) is 10.3. The lowest BCUT2D eigenvalue weighted by molar-refractivity contribution is 0.148. The monoisotopic (exact) mass is 275 g/mol. The molecule has 2 rings (SSSR count). The molecule has 0 aliphatic heterocycles. The van der Waals surface area contributed by atoms with Gasteiger partial charge in [0.1, 0.15) is 0 Å². The average molecular weight is 276 g/mol. The molecule has 1 aromatic rings. The Bertz CT molecular complexity index is 302. The van der Waals surface area contributed by atoms with Gasteiger partial charge in [-0.3, -0.25) is 0 Å². The molecule has 0 radical (unpaired) electrons. The van der Waals surface area contributed by atoms with Crippen LogP contribution in [0.2, 0.25) is 0 Å². The molecule has 1 aliphatic rings. The Labute approximate surface area is 96.5 Å². The van der Waals surface area contributed by atoms with Crippen molar-refractivity contribution >= 4 is 27.3 Å². The van der Waals surface area contributed by atoms with Crippen LogP contribution in [0.25, 0.3) is 0 Å². The largest absolute Gasteiger partial charge is 0.392 e. The van der Waals surface area contributed by atoms with Gasteiger partial charge in [0, 0.05) is 12.6 Å². The van der Waals surface area contributed by atoms with Gasteiger partial charge in [0.2, 0.25) is 0 Å². The molecule has 1 heterocycles. The number of halogens is 1. The van der Waals surface area contributed by atoms with Crippen molar-refractivity contribution in [1.82, 2.24) is 5.32 Å². The van der Waals surface area contributed by atoms with E-state index in [9.17, 15) is 5.11 Å². The Morgan fingerprint density at radius 1 is 1.57 bits per heavy atom. The number of hydrogen-bond acceptors (Lipinski definition) is 3. The minimum atomic E-state index is -0.142. The van der Waals surface area contributed by atoms with Crippen LogP contribution in [0.1, 0.15) is 24.8 Å². The fraction of sp³-hybridized carbons (Fsp3) is 0.600. The van der Waals surface area contributed by atoms with Crippen molar-refractivity contribution in [3.05, 3.63) is 20.8 Å². The number of rotatable bonds is 3. The molecular formula is C10H14BrNOS. The maximum absolute atomic E-state index is 9.60. The van der Waals surface area contributed by atoms with Crippen LogP contribution in [-0.2, 0) is 6.54 Å². The molecule has 0 amide bonds. The van der Waals surface area contributed by atoms with E-state index in [4.69, 9.17) is 0 Å². The SMILES string of the molecule is OC1CCCC1NCc1csc(Br)c1. The van der Waals surface area contributed by atoms with Crippen molar-refractivity contribution in [2.24, 2.45) is 0 Å². The molecule has 1 fully saturated rings. The summed E-state index contributed by atoms with van der Waals surface area (Å²) >= 11 is 5.14. The second-order valence-corrected chi connectivity index (χ2v) is 6.04. The molecule has 2 unspecified atom stereocenters. The average Bonchev–Trinajstić information content (AvgIpc) is 2.72. The number of hydrogen-bond donors (Lipinski definition) is 2. The predicted octanol–water partition coefficient (Wildman–Crippen LogP) is 2.51. The van der Waals surface area contributed by atoms with Gasteiger partial charge < -0.3 is 10.4 Å². The minimum Gasteiger partial charge on any atom is -0.392 e. The summed E-state index contributed by atoms with van der Waals surface area (Å²) in [7, 11) is 0. The highest BCUT2D eigenvalue weighted by atomic mass is 79.9. The van der Waals surface area contributed by atoms with E-state index in [1.54, 1.807) is 11.3 Å². The van der Waals surface area contributed by atoms with Gasteiger partial charge in [-0.1, -0.05) is 0 Å². The highest BCUT2D eigenvalue weighted by molar-refractivity contribution is 9.11. The lowest BCUT2D eigenvalue weighted by atomic mass is 10.2. The number of aliphatic hydroxyl groups excluding tert-OH is 1. The molecule has 0 bridgehead atoms. The first-order valence-electron chi connectivity index (χ1n) is 4.90.